The second kappa shape index (κ2) is 9.01. The van der Waals surface area contributed by atoms with Crippen molar-refractivity contribution in [2.24, 2.45) is 9.98 Å². The minimum absolute atomic E-state index is 0.572. The second-order valence-corrected chi connectivity index (χ2v) is 10.5. The third-order valence-electron chi connectivity index (χ3n) is 6.17. The molecular weight excluding hydrogens is 429 g/mol. The van der Waals surface area contributed by atoms with E-state index in [2.05, 4.69) is 46.1 Å². The Balaban J connectivity index is 1.47. The second-order valence-electron chi connectivity index (χ2n) is 8.16. The van der Waals surface area contributed by atoms with E-state index in [0.29, 0.717) is 11.9 Å². The Hall–Kier alpha value is -1.01. The van der Waals surface area contributed by atoms with Gasteiger partial charge in [-0.15, -0.1) is 0 Å². The van der Waals surface area contributed by atoms with Crippen molar-refractivity contribution in [2.45, 2.75) is 48.1 Å². The minimum Gasteiger partial charge on any atom is -0.372 e. The summed E-state index contributed by atoms with van der Waals surface area (Å²) in [5, 5.41) is 0. The molecule has 158 valence electrons. The van der Waals surface area contributed by atoms with E-state index in [9.17, 15) is 0 Å². The number of halogens is 3. The van der Waals surface area contributed by atoms with Crippen LogP contribution in [0.2, 0.25) is 0 Å². The number of likely N-dealkylation sites (tertiary alicyclic amines) is 1. The molecule has 0 saturated carbocycles. The topological polar surface area (TPSA) is 34.4 Å². The number of amidine groups is 1. The van der Waals surface area contributed by atoms with Gasteiger partial charge in [0.15, 0.2) is 12.0 Å². The quantitative estimate of drug-likeness (QED) is 0.609. The molecule has 3 aliphatic rings. The maximum Gasteiger partial charge on any atom is 0.230 e. The summed E-state index contributed by atoms with van der Waals surface area (Å²) in [5.41, 5.74) is 2.19. The highest BCUT2D eigenvalue weighted by Gasteiger charge is 2.38. The first-order valence-electron chi connectivity index (χ1n) is 10.4. The first-order chi connectivity index (χ1) is 13.9. The Morgan fingerprint density at radius 3 is 2.38 bits per heavy atom. The lowest BCUT2D eigenvalue weighted by Crippen LogP contribution is -2.46. The van der Waals surface area contributed by atoms with Crippen LogP contribution in [-0.4, -0.2) is 71.2 Å². The van der Waals surface area contributed by atoms with Crippen molar-refractivity contribution in [1.29, 1.82) is 0 Å². The van der Waals surface area contributed by atoms with Crippen molar-refractivity contribution >= 4 is 52.7 Å². The van der Waals surface area contributed by atoms with Gasteiger partial charge in [0.1, 0.15) is 0 Å². The first-order valence-corrected chi connectivity index (χ1v) is 11.6. The van der Waals surface area contributed by atoms with E-state index in [1.54, 1.807) is 6.34 Å². The van der Waals surface area contributed by atoms with Crippen LogP contribution < -0.4 is 4.90 Å². The molecule has 0 aromatic heterocycles. The van der Waals surface area contributed by atoms with Gasteiger partial charge < -0.3 is 14.7 Å². The molecular formula is C21H28Cl3N5. The summed E-state index contributed by atoms with van der Waals surface area (Å²) in [6.45, 7) is 4.17. The van der Waals surface area contributed by atoms with E-state index in [4.69, 9.17) is 39.8 Å². The number of aliphatic imine (C=N–C) groups is 2. The van der Waals surface area contributed by atoms with Crippen LogP contribution in [0, 0.1) is 0 Å². The number of rotatable bonds is 5. The fourth-order valence-corrected chi connectivity index (χ4v) is 4.97. The average Bonchev–Trinajstić information content (AvgIpc) is 3.38. The smallest absolute Gasteiger partial charge is 0.230 e. The van der Waals surface area contributed by atoms with Gasteiger partial charge in [-0.25, -0.2) is 9.98 Å². The van der Waals surface area contributed by atoms with Crippen molar-refractivity contribution in [1.82, 2.24) is 9.80 Å². The molecule has 0 spiro atoms. The number of alkyl halides is 3. The summed E-state index contributed by atoms with van der Waals surface area (Å²) in [6, 6.07) is 8.95. The Bertz CT molecular complexity index is 753. The van der Waals surface area contributed by atoms with Crippen LogP contribution >= 0.6 is 34.8 Å². The Labute approximate surface area is 188 Å². The zero-order chi connectivity index (χ0) is 20.4. The highest BCUT2D eigenvalue weighted by Crippen LogP contribution is 2.36. The van der Waals surface area contributed by atoms with Crippen molar-refractivity contribution in [3.63, 3.8) is 0 Å². The lowest BCUT2D eigenvalue weighted by atomic mass is 10.1. The molecule has 0 N–H and O–H groups in total. The van der Waals surface area contributed by atoms with E-state index < -0.39 is 9.96 Å². The maximum atomic E-state index is 6.30. The Kier molecular flexibility index (Phi) is 6.59. The van der Waals surface area contributed by atoms with Gasteiger partial charge in [0.2, 0.25) is 3.79 Å². The van der Waals surface area contributed by atoms with E-state index in [1.165, 1.54) is 31.4 Å². The van der Waals surface area contributed by atoms with Crippen LogP contribution in [0.5, 0.6) is 0 Å². The molecule has 5 nitrogen and oxygen atoms in total. The number of benzene rings is 1. The highest BCUT2D eigenvalue weighted by molar-refractivity contribution is 6.68. The highest BCUT2D eigenvalue weighted by atomic mass is 35.6. The summed E-state index contributed by atoms with van der Waals surface area (Å²) >= 11 is 18.9. The largest absolute Gasteiger partial charge is 0.372 e. The molecule has 3 heterocycles. The van der Waals surface area contributed by atoms with Crippen LogP contribution in [0.4, 0.5) is 5.69 Å². The zero-order valence-electron chi connectivity index (χ0n) is 16.8. The summed E-state index contributed by atoms with van der Waals surface area (Å²) < 4.78 is -1.52. The Morgan fingerprint density at radius 1 is 1.03 bits per heavy atom. The third kappa shape index (κ3) is 5.01. The molecule has 0 aliphatic carbocycles. The van der Waals surface area contributed by atoms with Crippen LogP contribution in [0.25, 0.3) is 0 Å². The normalized spacial score (nSPS) is 25.7. The van der Waals surface area contributed by atoms with E-state index in [1.807, 2.05) is 4.90 Å². The minimum atomic E-state index is -1.52. The molecule has 0 bridgehead atoms. The van der Waals surface area contributed by atoms with Crippen LogP contribution in [0.3, 0.4) is 0 Å². The third-order valence-corrected chi connectivity index (χ3v) is 6.75. The Morgan fingerprint density at radius 2 is 1.76 bits per heavy atom. The van der Waals surface area contributed by atoms with Gasteiger partial charge in [-0.05, 0) is 70.0 Å². The predicted molar refractivity (Wildman–Crippen MR) is 124 cm³/mol. The molecule has 2 atom stereocenters. The van der Waals surface area contributed by atoms with E-state index in [0.717, 1.165) is 38.2 Å². The predicted octanol–water partition coefficient (Wildman–Crippen LogP) is 4.56. The molecule has 4 rings (SSSR count). The molecule has 29 heavy (non-hydrogen) atoms. The summed E-state index contributed by atoms with van der Waals surface area (Å²) in [5.74, 6) is 0.614. The van der Waals surface area contributed by atoms with Gasteiger partial charge in [-0.2, -0.15) is 0 Å². The number of anilines is 1. The molecule has 0 amide bonds. The lowest BCUT2D eigenvalue weighted by Gasteiger charge is -2.35. The molecule has 2 unspecified atom stereocenters. The standard InChI is InChI=1S/C21H28Cl3N5/c1-27-11-4-5-17(27)10-14-29-15-25-19(26-20(29)21(22,23)24)16-6-8-18(9-7-16)28-12-2-3-13-28/h6-9,15,17,20H,2-5,10-14H2,1H3. The monoisotopic (exact) mass is 455 g/mol. The van der Waals surface area contributed by atoms with Crippen LogP contribution in [0.15, 0.2) is 34.3 Å². The average molecular weight is 457 g/mol. The molecule has 0 radical (unpaired) electrons. The summed E-state index contributed by atoms with van der Waals surface area (Å²) in [4.78, 5) is 16.1. The first kappa shape index (κ1) is 21.2. The lowest BCUT2D eigenvalue weighted by molar-refractivity contribution is 0.250. The van der Waals surface area contributed by atoms with Gasteiger partial charge in [0.25, 0.3) is 0 Å². The maximum absolute atomic E-state index is 6.30. The van der Waals surface area contributed by atoms with Gasteiger partial charge in [0, 0.05) is 36.9 Å². The number of hydrogen-bond acceptors (Lipinski definition) is 5. The molecule has 3 aliphatic heterocycles. The number of hydrogen-bond donors (Lipinski definition) is 0. The molecule has 1 aromatic rings. The van der Waals surface area contributed by atoms with Crippen molar-refractivity contribution in [3.05, 3.63) is 29.8 Å². The van der Waals surface area contributed by atoms with Gasteiger partial charge in [-0.3, -0.25) is 0 Å². The fraction of sp³-hybridized carbons (Fsp3) is 0.619. The number of nitrogens with zero attached hydrogens (tertiary/aromatic N) is 5. The van der Waals surface area contributed by atoms with Gasteiger partial charge >= 0.3 is 0 Å². The van der Waals surface area contributed by atoms with Crippen molar-refractivity contribution in [2.75, 3.05) is 38.1 Å². The SMILES string of the molecule is CN1CCCC1CCN1C=NC(c2ccc(N3CCCC3)cc2)=NC1C(Cl)(Cl)Cl. The van der Waals surface area contributed by atoms with Gasteiger partial charge in [0.05, 0.1) is 6.34 Å². The van der Waals surface area contributed by atoms with E-state index >= 15 is 0 Å². The molecule has 8 heteroatoms. The zero-order valence-corrected chi connectivity index (χ0v) is 19.0. The molecule has 1 aromatic carbocycles. The van der Waals surface area contributed by atoms with Crippen LogP contribution in [-0.2, 0) is 0 Å². The van der Waals surface area contributed by atoms with Crippen molar-refractivity contribution in [3.8, 4) is 0 Å². The molecule has 2 saturated heterocycles. The van der Waals surface area contributed by atoms with Crippen LogP contribution in [0.1, 0.15) is 37.7 Å². The van der Waals surface area contributed by atoms with Crippen molar-refractivity contribution < 1.29 is 0 Å². The van der Waals surface area contributed by atoms with Gasteiger partial charge in [-0.1, -0.05) is 34.8 Å². The fourth-order valence-electron chi connectivity index (χ4n) is 4.44. The van der Waals surface area contributed by atoms with E-state index in [-0.39, 0.29) is 0 Å². The summed E-state index contributed by atoms with van der Waals surface area (Å²) in [6.07, 6.45) is 7.21. The molecule has 2 fully saturated rings. The summed E-state index contributed by atoms with van der Waals surface area (Å²) in [7, 11) is 2.18.